The van der Waals surface area contributed by atoms with Crippen LogP contribution in [0.1, 0.15) is 87.3 Å². The molecule has 0 radical (unpaired) electrons. The van der Waals surface area contributed by atoms with Gasteiger partial charge in [-0.15, -0.1) is 0 Å². The van der Waals surface area contributed by atoms with Crippen LogP contribution in [0.5, 0.6) is 0 Å². The van der Waals surface area contributed by atoms with Crippen molar-refractivity contribution in [2.24, 2.45) is 83.0 Å². The largest absolute Gasteiger partial charge is 0.370 e. The van der Waals surface area contributed by atoms with Gasteiger partial charge in [-0.25, -0.2) is 0 Å². The number of primary amides is 1. The van der Waals surface area contributed by atoms with Gasteiger partial charge in [0.2, 0.25) is 47.3 Å². The van der Waals surface area contributed by atoms with Crippen LogP contribution in [0.25, 0.3) is 32.7 Å². The number of carbonyl (C=O) groups excluding carboxylic acids is 8. The Hall–Kier alpha value is -11.0. The number of aromatic amines is 3. The Morgan fingerprint density at radius 1 is 0.344 bits per heavy atom. The van der Waals surface area contributed by atoms with Crippen LogP contribution in [0.2, 0.25) is 0 Å². The lowest BCUT2D eigenvalue weighted by atomic mass is 10.00. The van der Waals surface area contributed by atoms with E-state index in [1.165, 1.54) is 0 Å². The number of para-hydroxylation sites is 3. The van der Waals surface area contributed by atoms with E-state index in [9.17, 15) is 28.8 Å². The fourth-order valence-corrected chi connectivity index (χ4v) is 10.8. The molecule has 6 rings (SSSR count). The number of amides is 8. The van der Waals surface area contributed by atoms with Gasteiger partial charge in [0.25, 0.3) is 0 Å². The number of fused-ring (bicyclic) bond motifs is 3. The summed E-state index contributed by atoms with van der Waals surface area (Å²) in [5, 5.41) is 21.8. The molecule has 3 heterocycles. The van der Waals surface area contributed by atoms with Crippen molar-refractivity contribution in [3.8, 4) is 0 Å². The summed E-state index contributed by atoms with van der Waals surface area (Å²) in [7, 11) is 0. The molecule has 0 bridgehead atoms. The lowest BCUT2D eigenvalue weighted by molar-refractivity contribution is -0.136. The number of guanidine groups is 4. The van der Waals surface area contributed by atoms with Gasteiger partial charge in [0.1, 0.15) is 42.3 Å². The van der Waals surface area contributed by atoms with E-state index in [4.69, 9.17) is 63.1 Å². The summed E-state index contributed by atoms with van der Waals surface area (Å²) in [6, 6.07) is 11.5. The summed E-state index contributed by atoms with van der Waals surface area (Å²) in [6.07, 6.45) is 6.34. The van der Waals surface area contributed by atoms with Crippen molar-refractivity contribution in [3.05, 3.63) is 108 Å². The Balaban J connectivity index is 1.30. The van der Waals surface area contributed by atoms with Crippen LogP contribution in [-0.2, 0) is 57.6 Å². The van der Waals surface area contributed by atoms with E-state index in [-0.39, 0.29) is 127 Å². The second kappa shape index (κ2) is 37.7. The summed E-state index contributed by atoms with van der Waals surface area (Å²) in [4.78, 5) is 141. The molecule has 32 N–H and O–H groups in total. The minimum Gasteiger partial charge on any atom is -0.370 e. The molecule has 0 spiro atoms. The molecule has 0 fully saturated rings. The first-order chi connectivity index (χ1) is 46.0. The number of hydrogen-bond donors (Lipinski definition) is 21. The fraction of sp³-hybridized carbons (Fsp3) is 0.429. The Morgan fingerprint density at radius 3 is 0.938 bits per heavy atom. The average Bonchev–Trinajstić information content (AvgIpc) is 1.67. The summed E-state index contributed by atoms with van der Waals surface area (Å²) in [5.41, 5.74) is 66.9. The van der Waals surface area contributed by atoms with Gasteiger partial charge in [-0.2, -0.15) is 0 Å². The first-order valence-corrected chi connectivity index (χ1v) is 31.8. The fourth-order valence-electron chi connectivity index (χ4n) is 10.8. The van der Waals surface area contributed by atoms with Crippen LogP contribution in [-0.4, -0.2) is 167 Å². The average molecular weight is 1330 g/mol. The van der Waals surface area contributed by atoms with E-state index in [2.05, 4.69) is 72.1 Å². The van der Waals surface area contributed by atoms with E-state index >= 15 is 9.59 Å². The Kier molecular flexibility index (Phi) is 29.1. The number of nitrogens with zero attached hydrogens (tertiary/aromatic N) is 4. The number of unbranched alkanes of at least 4 members (excludes halogenated alkanes) is 1. The van der Waals surface area contributed by atoms with Crippen LogP contribution >= 0.6 is 0 Å². The third-order valence-corrected chi connectivity index (χ3v) is 15.8. The third-order valence-electron chi connectivity index (χ3n) is 15.8. The second-order valence-electron chi connectivity index (χ2n) is 23.2. The van der Waals surface area contributed by atoms with Gasteiger partial charge in [-0.3, -0.25) is 58.3 Å². The normalized spacial score (nSPS) is 13.6. The van der Waals surface area contributed by atoms with Crippen LogP contribution in [0, 0.1) is 0 Å². The van der Waals surface area contributed by atoms with Gasteiger partial charge in [-0.05, 0) is 112 Å². The molecule has 0 aliphatic rings. The van der Waals surface area contributed by atoms with Gasteiger partial charge < -0.3 is 115 Å². The molecule has 518 valence electrons. The minimum absolute atomic E-state index is 0.00989. The number of aliphatic imine (C=N–C) groups is 4. The van der Waals surface area contributed by atoms with Crippen molar-refractivity contribution >= 4 is 104 Å². The predicted octanol–water partition coefficient (Wildman–Crippen LogP) is -3.29. The maximum Gasteiger partial charge on any atom is 0.243 e. The van der Waals surface area contributed by atoms with Crippen molar-refractivity contribution < 1.29 is 38.4 Å². The van der Waals surface area contributed by atoms with Crippen LogP contribution in [0.15, 0.2) is 111 Å². The molecule has 0 saturated heterocycles. The van der Waals surface area contributed by atoms with Gasteiger partial charge in [0.15, 0.2) is 23.8 Å². The number of benzene rings is 3. The Labute approximate surface area is 554 Å². The van der Waals surface area contributed by atoms with Crippen molar-refractivity contribution in [2.45, 2.75) is 138 Å². The van der Waals surface area contributed by atoms with Gasteiger partial charge in [0, 0.05) is 96.7 Å². The molecule has 0 aliphatic carbocycles. The van der Waals surface area contributed by atoms with Crippen molar-refractivity contribution in [3.63, 3.8) is 0 Å². The molecular formula is C63H93N25O8. The van der Waals surface area contributed by atoms with Crippen LogP contribution < -0.4 is 100 Å². The number of nitrogens with one attached hydrogen (secondary N) is 10. The second-order valence-corrected chi connectivity index (χ2v) is 23.2. The molecule has 33 nitrogen and oxygen atoms in total. The Bertz CT molecular complexity index is 3710. The first-order valence-electron chi connectivity index (χ1n) is 31.8. The lowest BCUT2D eigenvalue weighted by Gasteiger charge is -2.28. The van der Waals surface area contributed by atoms with Crippen molar-refractivity contribution in [1.29, 1.82) is 0 Å². The molecule has 0 unspecified atom stereocenters. The van der Waals surface area contributed by atoms with E-state index in [1.807, 2.05) is 72.8 Å². The quantitative estimate of drug-likeness (QED) is 0.0102. The Morgan fingerprint density at radius 2 is 0.615 bits per heavy atom. The molecule has 0 saturated carbocycles. The highest BCUT2D eigenvalue weighted by Gasteiger charge is 2.35. The van der Waals surface area contributed by atoms with Crippen LogP contribution in [0.4, 0.5) is 0 Å². The first kappa shape index (κ1) is 74.1. The highest BCUT2D eigenvalue weighted by Crippen LogP contribution is 2.23. The molecule has 3 aromatic carbocycles. The topological polar surface area (TPSA) is 604 Å². The van der Waals surface area contributed by atoms with Crippen molar-refractivity contribution in [2.75, 3.05) is 32.7 Å². The highest BCUT2D eigenvalue weighted by atomic mass is 16.2. The zero-order valence-electron chi connectivity index (χ0n) is 53.6. The van der Waals surface area contributed by atoms with Gasteiger partial charge >= 0.3 is 0 Å². The maximum atomic E-state index is 15.2. The van der Waals surface area contributed by atoms with Crippen molar-refractivity contribution in [1.82, 2.24) is 52.2 Å². The number of rotatable bonds is 41. The number of nitrogens with two attached hydrogens (primary N) is 11. The lowest BCUT2D eigenvalue weighted by Crippen LogP contribution is -2.60. The number of H-pyrrole nitrogens is 3. The minimum atomic E-state index is -1.44. The zero-order valence-corrected chi connectivity index (χ0v) is 53.6. The SMILES string of the molecule is NCCCC[C@H](NC(=O)[C@H](CCCN=C(N)N)NC(=O)[C@H](CCCN=C(N)N)NC(=O)[C@H](CCCN=C(N)N)NC(=O)[C@@H](N)CCCN=C(N)N)C(=O)N[C@@H](Cc1c[nH]c2ccccc12)C(=O)N[C@@H](Cc1c[nH]c2ccccc12)C(=O)N[C@@H](Cc1c[nH]c2ccccc12)C(N)=O. The summed E-state index contributed by atoms with van der Waals surface area (Å²) in [5.74, 6) is -7.20. The molecular weight excluding hydrogens is 1230 g/mol. The maximum absolute atomic E-state index is 15.2. The monoisotopic (exact) mass is 1330 g/mol. The molecule has 3 aromatic heterocycles. The van der Waals surface area contributed by atoms with Gasteiger partial charge in [-0.1, -0.05) is 54.6 Å². The van der Waals surface area contributed by atoms with E-state index in [1.54, 1.807) is 18.6 Å². The smallest absolute Gasteiger partial charge is 0.243 e. The zero-order chi connectivity index (χ0) is 69.7. The molecule has 8 atom stereocenters. The number of hydrogen-bond acceptors (Lipinski definition) is 14. The van der Waals surface area contributed by atoms with E-state index in [0.29, 0.717) is 36.0 Å². The highest BCUT2D eigenvalue weighted by molar-refractivity contribution is 5.99. The summed E-state index contributed by atoms with van der Waals surface area (Å²) in [6.45, 7) is 0.528. The standard InChI is InChI=1S/C63H93N25O8/c64-24-8-7-20-45(83-55(92)47(22-11-27-77-62(71)72)85-56(93)48(23-12-28-78-63(73)74)84-54(91)46(21-10-26-76-61(69)70)82-53(90)41(65)16-9-25-75-60(67)68)57(94)87-51(31-37-34-81-44-19-6-3-15-40(37)44)59(96)88-50(30-36-33-80-43-18-5-2-14-39(36)43)58(95)86-49(52(66)89)29-35-32-79-42-17-4-1-13-38(35)42/h1-6,13-15,17-19,32-34,41,45-51,79-81H,7-12,16,20-31,64-65H2,(H2,66,89)(H,82,90)(H,83,92)(H,84,91)(H,85,93)(H,86,95)(H,87,94)(H,88,96)(H4,67,68,75)(H4,69,70,76)(H4,71,72,77)(H4,73,74,78)/t41-,45-,46-,47-,48-,49-,50-,51-/m0/s1. The predicted molar refractivity (Wildman–Crippen MR) is 369 cm³/mol. The molecule has 33 heteroatoms. The summed E-state index contributed by atoms with van der Waals surface area (Å²) >= 11 is 0. The molecule has 0 aliphatic heterocycles. The van der Waals surface area contributed by atoms with E-state index in [0.717, 1.165) is 32.7 Å². The third kappa shape index (κ3) is 23.6. The summed E-state index contributed by atoms with van der Waals surface area (Å²) < 4.78 is 0. The van der Waals surface area contributed by atoms with Crippen LogP contribution in [0.3, 0.4) is 0 Å². The molecule has 96 heavy (non-hydrogen) atoms. The van der Waals surface area contributed by atoms with E-state index < -0.39 is 95.6 Å². The number of carbonyl (C=O) groups is 8. The molecule has 6 aromatic rings. The van der Waals surface area contributed by atoms with Gasteiger partial charge in [0.05, 0.1) is 6.04 Å². The number of aromatic nitrogens is 3. The molecule has 8 amide bonds.